The summed E-state index contributed by atoms with van der Waals surface area (Å²) in [7, 11) is 0. The van der Waals surface area contributed by atoms with E-state index in [1.165, 1.54) is 18.3 Å². The van der Waals surface area contributed by atoms with Gasteiger partial charge in [-0.3, -0.25) is 0 Å². The van der Waals surface area contributed by atoms with Crippen molar-refractivity contribution in [2.45, 2.75) is 6.29 Å². The van der Waals surface area contributed by atoms with Crippen LogP contribution in [-0.4, -0.2) is 20.3 Å². The molecule has 1 aromatic heterocycles. The molecule has 3 N–H and O–H groups in total. The van der Waals surface area contributed by atoms with Gasteiger partial charge in [0.1, 0.15) is 0 Å². The molecule has 0 unspecified atom stereocenters. The predicted molar refractivity (Wildman–Crippen MR) is 33.1 cm³/mol. The number of aromatic nitrogens is 1. The van der Waals surface area contributed by atoms with Crippen molar-refractivity contribution in [1.29, 1.82) is 0 Å². The lowest BCUT2D eigenvalue weighted by atomic mass is 10.3. The Morgan fingerprint density at radius 1 is 1.40 bits per heavy atom. The molecule has 0 aliphatic heterocycles. The highest BCUT2D eigenvalue weighted by Crippen LogP contribution is 2.17. The number of nitrogens with zero attached hydrogens (tertiary/aromatic N) is 1. The van der Waals surface area contributed by atoms with Crippen LogP contribution in [0.1, 0.15) is 11.9 Å². The molecule has 0 radical (unpaired) electrons. The van der Waals surface area contributed by atoms with Crippen molar-refractivity contribution in [3.63, 3.8) is 0 Å². The monoisotopic (exact) mass is 141 g/mol. The van der Waals surface area contributed by atoms with E-state index in [2.05, 4.69) is 4.98 Å². The number of rotatable bonds is 1. The third-order valence-corrected chi connectivity index (χ3v) is 1.10. The molecule has 0 bridgehead atoms. The van der Waals surface area contributed by atoms with Crippen molar-refractivity contribution in [2.75, 3.05) is 0 Å². The van der Waals surface area contributed by atoms with Crippen LogP contribution in [0, 0.1) is 0 Å². The molecule has 0 atom stereocenters. The Hall–Kier alpha value is -1.13. The average Bonchev–Trinajstić information content (AvgIpc) is 1.88. The topological polar surface area (TPSA) is 73.6 Å². The van der Waals surface area contributed by atoms with Crippen LogP contribution in [0.2, 0.25) is 0 Å². The zero-order chi connectivity index (χ0) is 7.56. The molecule has 4 heteroatoms. The van der Waals surface area contributed by atoms with Crippen molar-refractivity contribution >= 4 is 0 Å². The van der Waals surface area contributed by atoms with Gasteiger partial charge in [0, 0.05) is 6.20 Å². The van der Waals surface area contributed by atoms with Crippen LogP contribution in [0.3, 0.4) is 0 Å². The highest BCUT2D eigenvalue weighted by Gasteiger charge is 2.07. The number of hydrogen-bond donors (Lipinski definition) is 3. The predicted octanol–water partition coefficient (Wildman–Crippen LogP) is -0.230. The van der Waals surface area contributed by atoms with Crippen molar-refractivity contribution in [3.05, 3.63) is 23.9 Å². The smallest absolute Gasteiger partial charge is 0.219 e. The van der Waals surface area contributed by atoms with E-state index in [0.717, 1.165) is 0 Å². The Balaban J connectivity index is 3.03. The minimum atomic E-state index is -1.66. The molecule has 4 nitrogen and oxygen atoms in total. The SMILES string of the molecule is Oc1ncccc1C(O)O. The molecule has 10 heavy (non-hydrogen) atoms. The molecule has 0 amide bonds. The molecule has 1 aromatic rings. The molecule has 1 rings (SSSR count). The van der Waals surface area contributed by atoms with Crippen molar-refractivity contribution < 1.29 is 15.3 Å². The molecular formula is C6H7NO3. The molecule has 0 spiro atoms. The molecule has 0 aromatic carbocycles. The van der Waals surface area contributed by atoms with Gasteiger partial charge in [0.2, 0.25) is 5.88 Å². The van der Waals surface area contributed by atoms with Gasteiger partial charge < -0.3 is 15.3 Å². The highest BCUT2D eigenvalue weighted by atomic mass is 16.5. The van der Waals surface area contributed by atoms with Crippen LogP contribution in [0.4, 0.5) is 0 Å². The molecule has 0 saturated carbocycles. The first-order valence-electron chi connectivity index (χ1n) is 2.72. The fourth-order valence-corrected chi connectivity index (χ4v) is 0.611. The Bertz CT molecular complexity index is 224. The van der Waals surface area contributed by atoms with E-state index in [-0.39, 0.29) is 11.4 Å². The second kappa shape index (κ2) is 2.64. The van der Waals surface area contributed by atoms with Crippen molar-refractivity contribution in [1.82, 2.24) is 4.98 Å². The summed E-state index contributed by atoms with van der Waals surface area (Å²) in [6.45, 7) is 0. The summed E-state index contributed by atoms with van der Waals surface area (Å²) in [6.07, 6.45) is -0.296. The summed E-state index contributed by atoms with van der Waals surface area (Å²) in [5.41, 5.74) is 0.0162. The summed E-state index contributed by atoms with van der Waals surface area (Å²) in [5, 5.41) is 26.0. The summed E-state index contributed by atoms with van der Waals surface area (Å²) in [6, 6.07) is 2.89. The minimum Gasteiger partial charge on any atom is -0.493 e. The number of hydrogen-bond acceptors (Lipinski definition) is 4. The fraction of sp³-hybridized carbons (Fsp3) is 0.167. The van der Waals surface area contributed by atoms with Crippen LogP contribution in [0.15, 0.2) is 18.3 Å². The second-order valence-electron chi connectivity index (χ2n) is 1.79. The molecule has 0 aliphatic carbocycles. The van der Waals surface area contributed by atoms with Gasteiger partial charge in [-0.25, -0.2) is 4.98 Å². The van der Waals surface area contributed by atoms with Crippen LogP contribution in [-0.2, 0) is 0 Å². The van der Waals surface area contributed by atoms with Gasteiger partial charge in [0.05, 0.1) is 5.56 Å². The van der Waals surface area contributed by atoms with E-state index >= 15 is 0 Å². The lowest BCUT2D eigenvalue weighted by Gasteiger charge is -2.02. The quantitative estimate of drug-likeness (QED) is 0.472. The first-order chi connectivity index (χ1) is 4.72. The van der Waals surface area contributed by atoms with Gasteiger partial charge in [0.25, 0.3) is 0 Å². The van der Waals surface area contributed by atoms with E-state index in [0.29, 0.717) is 0 Å². The minimum absolute atomic E-state index is 0.0162. The molecule has 0 fully saturated rings. The zero-order valence-corrected chi connectivity index (χ0v) is 5.10. The van der Waals surface area contributed by atoms with Gasteiger partial charge in [-0.15, -0.1) is 0 Å². The molecule has 1 heterocycles. The normalized spacial score (nSPS) is 10.3. The van der Waals surface area contributed by atoms with E-state index < -0.39 is 6.29 Å². The number of aliphatic hydroxyl groups is 2. The molecule has 0 aliphatic rings. The summed E-state index contributed by atoms with van der Waals surface area (Å²) in [5.74, 6) is -0.350. The van der Waals surface area contributed by atoms with Crippen LogP contribution in [0.5, 0.6) is 5.88 Å². The number of aromatic hydroxyl groups is 1. The summed E-state index contributed by atoms with van der Waals surface area (Å²) < 4.78 is 0. The van der Waals surface area contributed by atoms with Crippen LogP contribution < -0.4 is 0 Å². The third-order valence-electron chi connectivity index (χ3n) is 1.10. The van der Waals surface area contributed by atoms with E-state index in [1.54, 1.807) is 0 Å². The lowest BCUT2D eigenvalue weighted by molar-refractivity contribution is -0.0442. The van der Waals surface area contributed by atoms with E-state index in [9.17, 15) is 0 Å². The third kappa shape index (κ3) is 1.23. The maximum absolute atomic E-state index is 8.85. The van der Waals surface area contributed by atoms with Gasteiger partial charge in [-0.2, -0.15) is 0 Å². The number of aliphatic hydroxyl groups excluding tert-OH is 1. The second-order valence-corrected chi connectivity index (χ2v) is 1.79. The van der Waals surface area contributed by atoms with Gasteiger partial charge >= 0.3 is 0 Å². The lowest BCUT2D eigenvalue weighted by Crippen LogP contribution is -1.95. The van der Waals surface area contributed by atoms with Crippen LogP contribution in [0.25, 0.3) is 0 Å². The average molecular weight is 141 g/mol. The molecule has 54 valence electrons. The van der Waals surface area contributed by atoms with E-state index in [4.69, 9.17) is 15.3 Å². The van der Waals surface area contributed by atoms with Crippen LogP contribution >= 0.6 is 0 Å². The first kappa shape index (κ1) is 6.98. The zero-order valence-electron chi connectivity index (χ0n) is 5.10. The highest BCUT2D eigenvalue weighted by molar-refractivity contribution is 5.24. The maximum atomic E-state index is 8.85. The summed E-state index contributed by atoms with van der Waals surface area (Å²) >= 11 is 0. The van der Waals surface area contributed by atoms with Crippen molar-refractivity contribution in [3.8, 4) is 5.88 Å². The molecule has 0 saturated heterocycles. The Labute approximate surface area is 57.4 Å². The molecular weight excluding hydrogens is 134 g/mol. The maximum Gasteiger partial charge on any atom is 0.219 e. The number of pyridine rings is 1. The fourth-order valence-electron chi connectivity index (χ4n) is 0.611. The van der Waals surface area contributed by atoms with Gasteiger partial charge in [-0.1, -0.05) is 0 Å². The van der Waals surface area contributed by atoms with E-state index in [1.807, 2.05) is 0 Å². The van der Waals surface area contributed by atoms with Crippen molar-refractivity contribution in [2.24, 2.45) is 0 Å². The largest absolute Gasteiger partial charge is 0.493 e. The van der Waals surface area contributed by atoms with Gasteiger partial charge in [-0.05, 0) is 12.1 Å². The standard InChI is InChI=1S/C6H7NO3/c8-5-4(6(9)10)2-1-3-7-5/h1-3,6,9-10H,(H,7,8). The Kier molecular flexibility index (Phi) is 1.84. The first-order valence-corrected chi connectivity index (χ1v) is 2.72. The Morgan fingerprint density at radius 3 is 2.50 bits per heavy atom. The summed E-state index contributed by atoms with van der Waals surface area (Å²) in [4.78, 5) is 3.44. The Morgan fingerprint density at radius 2 is 2.10 bits per heavy atom. The van der Waals surface area contributed by atoms with Gasteiger partial charge in [0.15, 0.2) is 6.29 Å².